The van der Waals surface area contributed by atoms with Crippen molar-refractivity contribution in [3.63, 3.8) is 0 Å². The van der Waals surface area contributed by atoms with Gasteiger partial charge >= 0.3 is 6.09 Å². The predicted molar refractivity (Wildman–Crippen MR) is 67.7 cm³/mol. The van der Waals surface area contributed by atoms with Crippen LogP contribution in [0.3, 0.4) is 0 Å². The van der Waals surface area contributed by atoms with Crippen LogP contribution < -0.4 is 0 Å². The van der Waals surface area contributed by atoms with Crippen LogP contribution in [0.1, 0.15) is 40.0 Å². The number of carboxylic acid groups (broad SMARTS) is 1. The second-order valence-electron chi connectivity index (χ2n) is 6.35. The molecule has 0 aromatic rings. The zero-order valence-corrected chi connectivity index (χ0v) is 11.1. The summed E-state index contributed by atoms with van der Waals surface area (Å²) in [6.07, 6.45) is 5.21. The third-order valence-corrected chi connectivity index (χ3v) is 4.13. The molecule has 2 aliphatic rings. The molecule has 1 atom stereocenters. The summed E-state index contributed by atoms with van der Waals surface area (Å²) in [5.41, 5.74) is -0.204. The summed E-state index contributed by atoms with van der Waals surface area (Å²) in [7, 11) is 0. The molecule has 2 rings (SSSR count). The van der Waals surface area contributed by atoms with E-state index in [1.807, 2.05) is 38.9 Å². The Bertz CT molecular complexity index is 444. The van der Waals surface area contributed by atoms with Crippen molar-refractivity contribution in [1.82, 2.24) is 4.90 Å². The number of carbonyl (C=O) groups is 1. The first-order valence-corrected chi connectivity index (χ1v) is 6.24. The highest BCUT2D eigenvalue weighted by molar-refractivity contribution is 5.74. The third-order valence-electron chi connectivity index (χ3n) is 4.13. The normalized spacial score (nSPS) is 25.8. The zero-order valence-electron chi connectivity index (χ0n) is 11.1. The van der Waals surface area contributed by atoms with Gasteiger partial charge in [-0.25, -0.2) is 9.59 Å². The molecule has 1 saturated heterocycles. The number of nitrogens with zero attached hydrogens (tertiary/aromatic N) is 1. The minimum Gasteiger partial charge on any atom is -0.465 e. The molecule has 1 aliphatic carbocycles. The van der Waals surface area contributed by atoms with Crippen LogP contribution in [0.25, 0.3) is 0 Å². The van der Waals surface area contributed by atoms with Gasteiger partial charge in [0.15, 0.2) is 0 Å². The Balaban J connectivity index is 2.47. The van der Waals surface area contributed by atoms with E-state index in [0.717, 1.165) is 12.8 Å². The predicted octanol–water partition coefficient (Wildman–Crippen LogP) is 2.84. The van der Waals surface area contributed by atoms with Gasteiger partial charge in [0.05, 0.1) is 0 Å². The van der Waals surface area contributed by atoms with Crippen molar-refractivity contribution < 1.29 is 14.7 Å². The van der Waals surface area contributed by atoms with Gasteiger partial charge in [-0.05, 0) is 24.7 Å². The average Bonchev–Trinajstić information content (AvgIpc) is 2.83. The number of hydrogen-bond acceptors (Lipinski definition) is 2. The summed E-state index contributed by atoms with van der Waals surface area (Å²) >= 11 is 0. The standard InChI is InChI=1S/C14H19NO3/c1-13(2,3)10-8-14(6-4-5-7-14)11(9-16)15(10)12(17)18/h4-5,10H,6-8H2,1-3H3,(H,17,18). The lowest BCUT2D eigenvalue weighted by Crippen LogP contribution is -2.41. The highest BCUT2D eigenvalue weighted by atomic mass is 16.4. The second-order valence-corrected chi connectivity index (χ2v) is 6.35. The van der Waals surface area contributed by atoms with Gasteiger partial charge in [0, 0.05) is 11.5 Å². The lowest BCUT2D eigenvalue weighted by molar-refractivity contribution is 0.119. The van der Waals surface area contributed by atoms with Crippen molar-refractivity contribution in [3.8, 4) is 0 Å². The Labute approximate surface area is 107 Å². The van der Waals surface area contributed by atoms with E-state index in [0.29, 0.717) is 12.1 Å². The zero-order chi connectivity index (χ0) is 13.6. The molecular formula is C14H19NO3. The van der Waals surface area contributed by atoms with E-state index in [1.165, 1.54) is 4.90 Å². The van der Waals surface area contributed by atoms with E-state index in [-0.39, 0.29) is 16.9 Å². The van der Waals surface area contributed by atoms with Gasteiger partial charge in [-0.1, -0.05) is 32.9 Å². The van der Waals surface area contributed by atoms with Crippen LogP contribution in [0, 0.1) is 10.8 Å². The fourth-order valence-corrected chi connectivity index (χ4v) is 3.11. The summed E-state index contributed by atoms with van der Waals surface area (Å²) < 4.78 is 0. The van der Waals surface area contributed by atoms with Gasteiger partial charge in [0.2, 0.25) is 0 Å². The summed E-state index contributed by atoms with van der Waals surface area (Å²) in [5.74, 6) is 1.90. The SMILES string of the molecule is CC(C)(C)C1CC2(CC=CC2)C(=C=O)N1C(=O)O. The molecule has 1 spiro atoms. The molecule has 0 aromatic heterocycles. The van der Waals surface area contributed by atoms with Gasteiger partial charge in [-0.2, -0.15) is 0 Å². The first-order chi connectivity index (χ1) is 8.32. The first kappa shape index (κ1) is 12.9. The molecule has 4 heteroatoms. The molecule has 1 amide bonds. The van der Waals surface area contributed by atoms with E-state index in [9.17, 15) is 14.7 Å². The highest BCUT2D eigenvalue weighted by Crippen LogP contribution is 2.54. The van der Waals surface area contributed by atoms with Gasteiger partial charge in [-0.15, -0.1) is 0 Å². The summed E-state index contributed by atoms with van der Waals surface area (Å²) in [5, 5.41) is 9.40. The molecule has 0 aromatic carbocycles. The molecule has 1 heterocycles. The van der Waals surface area contributed by atoms with Gasteiger partial charge < -0.3 is 5.11 Å². The van der Waals surface area contributed by atoms with Crippen LogP contribution in [0.15, 0.2) is 17.8 Å². The van der Waals surface area contributed by atoms with Crippen molar-refractivity contribution in [3.05, 3.63) is 17.8 Å². The number of likely N-dealkylation sites (tertiary alicyclic amines) is 1. The monoisotopic (exact) mass is 249 g/mol. The van der Waals surface area contributed by atoms with E-state index in [1.54, 1.807) is 0 Å². The van der Waals surface area contributed by atoms with E-state index < -0.39 is 6.09 Å². The summed E-state index contributed by atoms with van der Waals surface area (Å²) in [6, 6.07) is -0.161. The van der Waals surface area contributed by atoms with Crippen LogP contribution in [0.2, 0.25) is 0 Å². The maximum atomic E-state index is 11.5. The molecule has 0 radical (unpaired) electrons. The average molecular weight is 249 g/mol. The molecule has 1 N–H and O–H groups in total. The molecule has 0 saturated carbocycles. The number of rotatable bonds is 0. The van der Waals surface area contributed by atoms with E-state index >= 15 is 0 Å². The topological polar surface area (TPSA) is 57.6 Å². The van der Waals surface area contributed by atoms with Crippen molar-refractivity contribution >= 4 is 12.0 Å². The third kappa shape index (κ3) is 1.77. The second kappa shape index (κ2) is 3.99. The van der Waals surface area contributed by atoms with Crippen LogP contribution >= 0.6 is 0 Å². The Kier molecular flexibility index (Phi) is 2.86. The molecular weight excluding hydrogens is 230 g/mol. The Hall–Kier alpha value is -1.54. The minimum absolute atomic E-state index is 0.161. The lowest BCUT2D eigenvalue weighted by atomic mass is 9.76. The molecule has 0 bridgehead atoms. The van der Waals surface area contributed by atoms with Crippen molar-refractivity contribution in [1.29, 1.82) is 0 Å². The van der Waals surface area contributed by atoms with E-state index in [2.05, 4.69) is 0 Å². The maximum Gasteiger partial charge on any atom is 0.412 e. The number of allylic oxidation sites excluding steroid dienone is 3. The fourth-order valence-electron chi connectivity index (χ4n) is 3.11. The van der Waals surface area contributed by atoms with Gasteiger partial charge in [0.25, 0.3) is 0 Å². The van der Waals surface area contributed by atoms with E-state index in [4.69, 9.17) is 0 Å². The molecule has 1 fully saturated rings. The molecule has 1 aliphatic heterocycles. The number of hydrogen-bond donors (Lipinski definition) is 1. The first-order valence-electron chi connectivity index (χ1n) is 6.24. The fraction of sp³-hybridized carbons (Fsp3) is 0.643. The lowest BCUT2D eigenvalue weighted by Gasteiger charge is -2.32. The minimum atomic E-state index is -1.04. The smallest absolute Gasteiger partial charge is 0.412 e. The Morgan fingerprint density at radius 3 is 2.39 bits per heavy atom. The highest BCUT2D eigenvalue weighted by Gasteiger charge is 2.54. The van der Waals surface area contributed by atoms with Crippen LogP contribution in [0.4, 0.5) is 4.79 Å². The largest absolute Gasteiger partial charge is 0.465 e. The molecule has 18 heavy (non-hydrogen) atoms. The van der Waals surface area contributed by atoms with Crippen LogP contribution in [-0.4, -0.2) is 28.1 Å². The number of carbonyl (C=O) groups excluding carboxylic acids is 1. The van der Waals surface area contributed by atoms with Crippen molar-refractivity contribution in [2.45, 2.75) is 46.1 Å². The Morgan fingerprint density at radius 1 is 1.44 bits per heavy atom. The van der Waals surface area contributed by atoms with Gasteiger partial charge in [0.1, 0.15) is 11.6 Å². The molecule has 4 nitrogen and oxygen atoms in total. The summed E-state index contributed by atoms with van der Waals surface area (Å²) in [4.78, 5) is 24.0. The van der Waals surface area contributed by atoms with Crippen molar-refractivity contribution in [2.24, 2.45) is 10.8 Å². The summed E-state index contributed by atoms with van der Waals surface area (Å²) in [6.45, 7) is 6.03. The maximum absolute atomic E-state index is 11.5. The van der Waals surface area contributed by atoms with Crippen LogP contribution in [-0.2, 0) is 4.79 Å². The Morgan fingerprint density at radius 2 is 2.00 bits per heavy atom. The number of amides is 1. The quantitative estimate of drug-likeness (QED) is 0.530. The molecule has 98 valence electrons. The van der Waals surface area contributed by atoms with Gasteiger partial charge in [-0.3, -0.25) is 4.90 Å². The molecule has 1 unspecified atom stereocenters. The van der Waals surface area contributed by atoms with Crippen molar-refractivity contribution in [2.75, 3.05) is 0 Å². The van der Waals surface area contributed by atoms with Crippen LogP contribution in [0.5, 0.6) is 0 Å².